The summed E-state index contributed by atoms with van der Waals surface area (Å²) in [5, 5.41) is 9.62. The molecular weight excluding hydrogens is 845 g/mol. The topological polar surface area (TPSA) is 68.0 Å². The van der Waals surface area contributed by atoms with Crippen molar-refractivity contribution in [2.24, 2.45) is 15.9 Å². The second-order valence-electron chi connectivity index (χ2n) is 18.7. The molecule has 1 N–H and O–H groups in total. The van der Waals surface area contributed by atoms with Crippen LogP contribution in [0.5, 0.6) is 0 Å². The van der Waals surface area contributed by atoms with E-state index in [1.165, 1.54) is 43.9 Å². The third-order valence-corrected chi connectivity index (χ3v) is 14.7. The minimum atomic E-state index is -0.219. The van der Waals surface area contributed by atoms with E-state index in [0.717, 1.165) is 92.2 Å². The molecule has 8 aromatic carbocycles. The average molecular weight is 891 g/mol. The van der Waals surface area contributed by atoms with Gasteiger partial charge in [0.25, 0.3) is 0 Å². The highest BCUT2D eigenvalue weighted by Crippen LogP contribution is 2.48. The van der Waals surface area contributed by atoms with Crippen LogP contribution in [0.4, 0.5) is 0 Å². The predicted molar refractivity (Wildman–Crippen MR) is 283 cm³/mol. The zero-order valence-electron chi connectivity index (χ0n) is 37.8. The molecule has 11 aromatic rings. The van der Waals surface area contributed by atoms with Gasteiger partial charge in [-0.25, -0.2) is 9.98 Å². The fourth-order valence-electron chi connectivity index (χ4n) is 11.5. The van der Waals surface area contributed by atoms with Gasteiger partial charge in [-0.15, -0.1) is 0 Å². The summed E-state index contributed by atoms with van der Waals surface area (Å²) < 4.78 is 16.5. The van der Waals surface area contributed by atoms with Crippen molar-refractivity contribution in [2.45, 2.75) is 37.3 Å². The van der Waals surface area contributed by atoms with Crippen LogP contribution in [-0.4, -0.2) is 16.2 Å². The Labute approximate surface area is 399 Å². The Morgan fingerprint density at radius 2 is 1.29 bits per heavy atom. The summed E-state index contributed by atoms with van der Waals surface area (Å²) >= 11 is 0. The number of aromatic nitrogens is 1. The van der Waals surface area contributed by atoms with Crippen molar-refractivity contribution in [2.75, 3.05) is 0 Å². The van der Waals surface area contributed by atoms with E-state index < -0.39 is 0 Å². The van der Waals surface area contributed by atoms with E-state index >= 15 is 0 Å². The molecule has 69 heavy (non-hydrogen) atoms. The van der Waals surface area contributed by atoms with E-state index in [0.29, 0.717) is 0 Å². The lowest BCUT2D eigenvalue weighted by molar-refractivity contribution is 0.514. The number of nitrogens with one attached hydrogen (secondary N) is 1. The summed E-state index contributed by atoms with van der Waals surface area (Å²) in [6.07, 6.45) is 11.7. The van der Waals surface area contributed by atoms with E-state index in [9.17, 15) is 0 Å². The smallest absolute Gasteiger partial charge is 0.159 e. The lowest BCUT2D eigenvalue weighted by Gasteiger charge is -2.31. The van der Waals surface area contributed by atoms with Gasteiger partial charge in [-0.3, -0.25) is 0 Å². The van der Waals surface area contributed by atoms with Crippen molar-refractivity contribution in [1.29, 1.82) is 0 Å². The Bertz CT molecular complexity index is 3930. The van der Waals surface area contributed by atoms with Gasteiger partial charge in [0.15, 0.2) is 5.84 Å². The Morgan fingerprint density at radius 3 is 2.14 bits per heavy atom. The highest BCUT2D eigenvalue weighted by Gasteiger charge is 2.34. The first-order valence-electron chi connectivity index (χ1n) is 24.2. The first-order valence-corrected chi connectivity index (χ1v) is 24.2. The molecule has 4 atom stereocenters. The maximum atomic E-state index is 7.13. The first kappa shape index (κ1) is 39.7. The number of aliphatic imine (C=N–C) groups is 2. The van der Waals surface area contributed by atoms with Crippen LogP contribution in [-0.2, 0) is 0 Å². The molecule has 1 aliphatic heterocycles. The summed E-state index contributed by atoms with van der Waals surface area (Å²) in [4.78, 5) is 10.4. The number of hydrogen-bond donors (Lipinski definition) is 1. The molecule has 4 unspecified atom stereocenters. The van der Waals surface area contributed by atoms with Gasteiger partial charge in [-0.2, -0.15) is 0 Å². The van der Waals surface area contributed by atoms with E-state index in [1.54, 1.807) is 0 Å². The van der Waals surface area contributed by atoms with Gasteiger partial charge in [0, 0.05) is 61.1 Å². The third kappa shape index (κ3) is 6.62. The van der Waals surface area contributed by atoms with Crippen LogP contribution in [0.2, 0.25) is 0 Å². The van der Waals surface area contributed by atoms with E-state index in [4.69, 9.17) is 18.8 Å². The number of rotatable bonds is 7. The maximum Gasteiger partial charge on any atom is 0.159 e. The van der Waals surface area contributed by atoms with Crippen molar-refractivity contribution in [3.05, 3.63) is 240 Å². The molecule has 6 nitrogen and oxygen atoms in total. The fraction of sp³-hybridized carbons (Fsp3) is 0.111. The molecule has 3 aliphatic rings. The van der Waals surface area contributed by atoms with Crippen LogP contribution in [0.1, 0.15) is 70.8 Å². The van der Waals surface area contributed by atoms with Crippen molar-refractivity contribution in [3.63, 3.8) is 0 Å². The molecular formula is C63H46N4O2. The minimum absolute atomic E-state index is 0.0768. The Balaban J connectivity index is 0.877. The number of para-hydroxylation sites is 2. The number of nitrogens with zero attached hydrogens (tertiary/aromatic N) is 3. The number of hydrogen-bond acceptors (Lipinski definition) is 5. The van der Waals surface area contributed by atoms with Crippen LogP contribution in [0.25, 0.3) is 77.6 Å². The summed E-state index contributed by atoms with van der Waals surface area (Å²) in [5.41, 5.74) is 14.2. The van der Waals surface area contributed by atoms with Crippen molar-refractivity contribution in [3.8, 4) is 16.8 Å². The predicted octanol–water partition coefficient (Wildman–Crippen LogP) is 15.8. The highest BCUT2D eigenvalue weighted by atomic mass is 16.3. The van der Waals surface area contributed by atoms with Crippen LogP contribution in [0.15, 0.2) is 225 Å². The van der Waals surface area contributed by atoms with E-state index in [1.807, 2.05) is 6.07 Å². The molecule has 330 valence electrons. The molecule has 0 amide bonds. The van der Waals surface area contributed by atoms with Crippen LogP contribution < -0.4 is 5.32 Å². The van der Waals surface area contributed by atoms with Gasteiger partial charge in [0.05, 0.1) is 17.0 Å². The molecule has 4 heterocycles. The number of benzene rings is 8. The van der Waals surface area contributed by atoms with Gasteiger partial charge >= 0.3 is 0 Å². The molecule has 2 aliphatic carbocycles. The number of fused-ring (bicyclic) bond motifs is 9. The fourth-order valence-corrected chi connectivity index (χ4v) is 11.5. The molecule has 0 bridgehead atoms. The lowest BCUT2D eigenvalue weighted by atomic mass is 9.79. The molecule has 3 aromatic heterocycles. The summed E-state index contributed by atoms with van der Waals surface area (Å²) in [6, 6.07) is 66.9. The SMILES string of the molecule is C1=CC(c2cccc3oc4c(c23)C=CCC4c2cc(-n3c4ccccc4c4cc(-c5ccccc5)ccc43)cc3c2oc2ccccc23)CC(C2=NC(c3ccccc3)=NC(c3ccccc3)N2)C1. The van der Waals surface area contributed by atoms with Gasteiger partial charge in [0.2, 0.25) is 0 Å². The zero-order valence-corrected chi connectivity index (χ0v) is 37.8. The molecule has 0 fully saturated rings. The van der Waals surface area contributed by atoms with E-state index in [-0.39, 0.29) is 23.9 Å². The molecule has 0 saturated carbocycles. The first-order chi connectivity index (χ1) is 34.2. The zero-order chi connectivity index (χ0) is 45.4. The van der Waals surface area contributed by atoms with Crippen molar-refractivity contribution >= 4 is 72.5 Å². The van der Waals surface area contributed by atoms with Crippen LogP contribution in [0, 0.1) is 5.92 Å². The second-order valence-corrected chi connectivity index (χ2v) is 18.7. The van der Waals surface area contributed by atoms with Crippen molar-refractivity contribution < 1.29 is 8.83 Å². The summed E-state index contributed by atoms with van der Waals surface area (Å²) in [6.45, 7) is 0. The normalized spacial score (nSPS) is 19.0. The highest BCUT2D eigenvalue weighted by molar-refractivity contribution is 6.12. The van der Waals surface area contributed by atoms with Gasteiger partial charge < -0.3 is 18.7 Å². The second kappa shape index (κ2) is 16.1. The van der Waals surface area contributed by atoms with Crippen LogP contribution in [0.3, 0.4) is 0 Å². The molecule has 0 saturated heterocycles. The van der Waals surface area contributed by atoms with Gasteiger partial charge in [0.1, 0.15) is 34.5 Å². The minimum Gasteiger partial charge on any atom is -0.460 e. The Kier molecular flexibility index (Phi) is 9.26. The Hall–Kier alpha value is -8.48. The maximum absolute atomic E-state index is 7.13. The summed E-state index contributed by atoms with van der Waals surface area (Å²) in [7, 11) is 0. The molecule has 0 radical (unpaired) electrons. The molecule has 0 spiro atoms. The number of allylic oxidation sites excluding steroid dienone is 3. The Morgan fingerprint density at radius 1 is 0.551 bits per heavy atom. The standard InChI is InChI=1S/C63H46N4O2/c1-4-17-39(18-5-1)42-33-34-55-51(36-42)47-25-10-12-30-54(47)67(55)45-37-52-48-26-11-13-31-56(48)68-60(52)53(38-45)49-28-15-29-50-58-46(27-16-32-57(58)69-59(49)50)43-23-14-24-44(35-43)63-65-61(40-19-6-2-7-20-40)64-62(66-63)41-21-8-3-9-22-41/h1-23,25-27,29-34,36-38,43-44,49,61H,24,28,35H2,(H,64,65,66). The third-order valence-electron chi connectivity index (χ3n) is 14.7. The van der Waals surface area contributed by atoms with Gasteiger partial charge in [-0.05, 0) is 84.0 Å². The molecule has 6 heteroatoms. The van der Waals surface area contributed by atoms with Crippen molar-refractivity contribution in [1.82, 2.24) is 9.88 Å². The molecule has 14 rings (SSSR count). The number of amidine groups is 2. The monoisotopic (exact) mass is 890 g/mol. The quantitative estimate of drug-likeness (QED) is 0.162. The van der Waals surface area contributed by atoms with E-state index in [2.05, 4.69) is 216 Å². The number of furan rings is 2. The lowest BCUT2D eigenvalue weighted by Crippen LogP contribution is -2.38. The average Bonchev–Trinajstić information content (AvgIpc) is 4.11. The van der Waals surface area contributed by atoms with Crippen LogP contribution >= 0.6 is 0 Å². The largest absolute Gasteiger partial charge is 0.460 e. The summed E-state index contributed by atoms with van der Waals surface area (Å²) in [5.74, 6) is 3.00. The van der Waals surface area contributed by atoms with Gasteiger partial charge in [-0.1, -0.05) is 170 Å².